The number of aromatic nitrogens is 3. The van der Waals surface area contributed by atoms with Crippen molar-refractivity contribution in [2.45, 2.75) is 64.8 Å². The van der Waals surface area contributed by atoms with E-state index in [4.69, 9.17) is 14.8 Å². The van der Waals surface area contributed by atoms with Crippen molar-refractivity contribution in [1.82, 2.24) is 14.8 Å². The van der Waals surface area contributed by atoms with Gasteiger partial charge in [0.2, 0.25) is 11.1 Å². The summed E-state index contributed by atoms with van der Waals surface area (Å²) in [6.45, 7) is 9.05. The van der Waals surface area contributed by atoms with E-state index in [0.717, 1.165) is 46.3 Å². The maximum Gasteiger partial charge on any atom is 0.227 e. The SMILES string of the molecule is CCCSc1nc2n(n1)C(c1ccc(OCc3ccccc3C)cc1)C1=C(CC(C)(C)CC1=O)N2. The van der Waals surface area contributed by atoms with Gasteiger partial charge in [0.05, 0.1) is 0 Å². The summed E-state index contributed by atoms with van der Waals surface area (Å²) in [5.41, 5.74) is 5.10. The van der Waals surface area contributed by atoms with Crippen LogP contribution in [0.5, 0.6) is 5.75 Å². The first kappa shape index (κ1) is 23.7. The van der Waals surface area contributed by atoms with Gasteiger partial charge in [0.25, 0.3) is 0 Å². The molecule has 1 atom stereocenters. The molecule has 1 aliphatic carbocycles. The zero-order valence-corrected chi connectivity index (χ0v) is 21.6. The average molecular weight is 489 g/mol. The smallest absolute Gasteiger partial charge is 0.227 e. The van der Waals surface area contributed by atoms with Gasteiger partial charge in [-0.15, -0.1) is 5.10 Å². The second-order valence-corrected chi connectivity index (χ2v) is 11.2. The fourth-order valence-corrected chi connectivity index (χ4v) is 5.51. The van der Waals surface area contributed by atoms with Crippen LogP contribution in [0.25, 0.3) is 0 Å². The predicted molar refractivity (Wildman–Crippen MR) is 140 cm³/mol. The van der Waals surface area contributed by atoms with Crippen molar-refractivity contribution in [3.8, 4) is 5.75 Å². The van der Waals surface area contributed by atoms with E-state index in [1.165, 1.54) is 11.1 Å². The number of ether oxygens (including phenoxy) is 1. The van der Waals surface area contributed by atoms with Crippen molar-refractivity contribution >= 4 is 23.5 Å². The highest BCUT2D eigenvalue weighted by Gasteiger charge is 2.41. The molecule has 35 heavy (non-hydrogen) atoms. The van der Waals surface area contributed by atoms with Gasteiger partial charge < -0.3 is 10.1 Å². The van der Waals surface area contributed by atoms with Crippen LogP contribution >= 0.6 is 11.8 Å². The number of benzene rings is 2. The van der Waals surface area contributed by atoms with Crippen molar-refractivity contribution in [2.75, 3.05) is 11.1 Å². The number of anilines is 1. The van der Waals surface area contributed by atoms with E-state index >= 15 is 0 Å². The molecule has 1 N–H and O–H groups in total. The molecular weight excluding hydrogens is 456 g/mol. The van der Waals surface area contributed by atoms with E-state index in [9.17, 15) is 4.79 Å². The highest BCUT2D eigenvalue weighted by atomic mass is 32.2. The lowest BCUT2D eigenvalue weighted by atomic mass is 9.73. The van der Waals surface area contributed by atoms with Gasteiger partial charge in [0.15, 0.2) is 5.78 Å². The molecule has 0 saturated carbocycles. The minimum Gasteiger partial charge on any atom is -0.489 e. The highest BCUT2D eigenvalue weighted by molar-refractivity contribution is 7.99. The molecule has 1 unspecified atom stereocenters. The molecule has 1 aromatic heterocycles. The fourth-order valence-electron chi connectivity index (χ4n) is 4.83. The van der Waals surface area contributed by atoms with Gasteiger partial charge in [-0.2, -0.15) is 4.98 Å². The Kier molecular flexibility index (Phi) is 6.45. The van der Waals surface area contributed by atoms with Crippen molar-refractivity contribution in [3.05, 3.63) is 76.5 Å². The third-order valence-electron chi connectivity index (χ3n) is 6.60. The Labute approximate surface area is 211 Å². The minimum absolute atomic E-state index is 0.0806. The molecule has 7 heteroatoms. The standard InChI is InChI=1S/C28H32N4O2S/c1-5-14-35-27-30-26-29-22-15-28(3,4)16-23(33)24(22)25(32(26)31-27)19-10-12-21(13-11-19)34-17-20-9-7-6-8-18(20)2/h6-13,25H,5,14-17H2,1-4H3,(H,29,30,31). The molecule has 5 rings (SSSR count). The summed E-state index contributed by atoms with van der Waals surface area (Å²) in [6, 6.07) is 16.0. The second kappa shape index (κ2) is 9.53. The maximum absolute atomic E-state index is 13.4. The van der Waals surface area contributed by atoms with Gasteiger partial charge in [-0.3, -0.25) is 4.79 Å². The number of nitrogens with zero attached hydrogens (tertiary/aromatic N) is 3. The van der Waals surface area contributed by atoms with Crippen LogP contribution in [0.1, 0.15) is 62.8 Å². The molecule has 2 aliphatic rings. The van der Waals surface area contributed by atoms with Gasteiger partial charge in [-0.05, 0) is 54.0 Å². The molecule has 0 amide bonds. The quantitative estimate of drug-likeness (QED) is 0.392. The number of ketones is 1. The molecule has 6 nitrogen and oxygen atoms in total. The van der Waals surface area contributed by atoms with Crippen LogP contribution in [0, 0.1) is 12.3 Å². The molecule has 3 aromatic rings. The molecule has 182 valence electrons. The fraction of sp³-hybridized carbons (Fsp3) is 0.393. The predicted octanol–water partition coefficient (Wildman–Crippen LogP) is 6.33. The number of aryl methyl sites for hydroxylation is 1. The van der Waals surface area contributed by atoms with E-state index in [0.29, 0.717) is 19.0 Å². The number of carbonyl (C=O) groups is 1. The zero-order valence-electron chi connectivity index (χ0n) is 20.8. The van der Waals surface area contributed by atoms with E-state index < -0.39 is 0 Å². The topological polar surface area (TPSA) is 69.0 Å². The van der Waals surface area contributed by atoms with Gasteiger partial charge in [-0.1, -0.05) is 68.9 Å². The number of rotatable bonds is 7. The number of nitrogens with one attached hydrogen (secondary N) is 1. The van der Waals surface area contributed by atoms with Crippen LogP contribution in [0.2, 0.25) is 0 Å². The Morgan fingerprint density at radius 1 is 1.14 bits per heavy atom. The first-order chi connectivity index (χ1) is 16.8. The van der Waals surface area contributed by atoms with E-state index in [1.807, 2.05) is 41.1 Å². The molecule has 0 spiro atoms. The summed E-state index contributed by atoms with van der Waals surface area (Å²) in [5, 5.41) is 8.99. The number of hydrogen-bond acceptors (Lipinski definition) is 6. The second-order valence-electron chi connectivity index (χ2n) is 10.2. The molecule has 0 saturated heterocycles. The van der Waals surface area contributed by atoms with Crippen molar-refractivity contribution in [3.63, 3.8) is 0 Å². The molecule has 0 radical (unpaired) electrons. The number of hydrogen-bond donors (Lipinski definition) is 1. The third-order valence-corrected chi connectivity index (χ3v) is 7.64. The van der Waals surface area contributed by atoms with Crippen LogP contribution in [0.15, 0.2) is 65.0 Å². The zero-order chi connectivity index (χ0) is 24.6. The summed E-state index contributed by atoms with van der Waals surface area (Å²) in [6.07, 6.45) is 2.40. The van der Waals surface area contributed by atoms with E-state index in [1.54, 1.807) is 11.8 Å². The summed E-state index contributed by atoms with van der Waals surface area (Å²) >= 11 is 1.65. The Balaban J connectivity index is 1.46. The maximum atomic E-state index is 13.4. The number of allylic oxidation sites excluding steroid dienone is 2. The third kappa shape index (κ3) is 4.87. The van der Waals surface area contributed by atoms with Crippen LogP contribution < -0.4 is 10.1 Å². The molecule has 2 aromatic carbocycles. The number of Topliss-reactive ketones (excluding diaryl/α,β-unsaturated/α-hetero) is 1. The van der Waals surface area contributed by atoms with Gasteiger partial charge in [0.1, 0.15) is 18.4 Å². The molecular formula is C28H32N4O2S. The van der Waals surface area contributed by atoms with Crippen LogP contribution in [0.4, 0.5) is 5.95 Å². The minimum atomic E-state index is -0.293. The summed E-state index contributed by atoms with van der Waals surface area (Å²) in [5.74, 6) is 2.64. The molecule has 2 heterocycles. The first-order valence-electron chi connectivity index (χ1n) is 12.2. The Bertz CT molecular complexity index is 1280. The average Bonchev–Trinajstić information content (AvgIpc) is 3.23. The highest BCUT2D eigenvalue weighted by Crippen LogP contribution is 2.45. The van der Waals surface area contributed by atoms with Gasteiger partial charge >= 0.3 is 0 Å². The lowest BCUT2D eigenvalue weighted by Gasteiger charge is -2.38. The van der Waals surface area contributed by atoms with Crippen LogP contribution in [-0.2, 0) is 11.4 Å². The van der Waals surface area contributed by atoms with E-state index in [2.05, 4.69) is 45.1 Å². The normalized spacial score (nSPS) is 18.6. The Morgan fingerprint density at radius 3 is 2.66 bits per heavy atom. The van der Waals surface area contributed by atoms with Crippen LogP contribution in [-0.4, -0.2) is 26.3 Å². The number of thioether (sulfide) groups is 1. The monoisotopic (exact) mass is 488 g/mol. The van der Waals surface area contributed by atoms with Gasteiger partial charge in [0, 0.05) is 23.4 Å². The van der Waals surface area contributed by atoms with Crippen molar-refractivity contribution < 1.29 is 9.53 Å². The van der Waals surface area contributed by atoms with Gasteiger partial charge in [-0.25, -0.2) is 4.68 Å². The van der Waals surface area contributed by atoms with Crippen LogP contribution in [0.3, 0.4) is 0 Å². The molecule has 0 bridgehead atoms. The summed E-state index contributed by atoms with van der Waals surface area (Å²) in [7, 11) is 0. The first-order valence-corrected chi connectivity index (χ1v) is 13.2. The summed E-state index contributed by atoms with van der Waals surface area (Å²) in [4.78, 5) is 18.1. The number of carbonyl (C=O) groups excluding carboxylic acids is 1. The van der Waals surface area contributed by atoms with Crippen molar-refractivity contribution in [2.24, 2.45) is 5.41 Å². The lowest BCUT2D eigenvalue weighted by Crippen LogP contribution is -2.36. The molecule has 0 fully saturated rings. The molecule has 1 aliphatic heterocycles. The largest absolute Gasteiger partial charge is 0.489 e. The number of fused-ring (bicyclic) bond motifs is 1. The Morgan fingerprint density at radius 2 is 1.91 bits per heavy atom. The van der Waals surface area contributed by atoms with E-state index in [-0.39, 0.29) is 17.2 Å². The Hall–Kier alpha value is -3.06. The van der Waals surface area contributed by atoms with Crippen molar-refractivity contribution in [1.29, 1.82) is 0 Å². The lowest BCUT2D eigenvalue weighted by molar-refractivity contribution is -0.118. The summed E-state index contributed by atoms with van der Waals surface area (Å²) < 4.78 is 7.94.